The summed E-state index contributed by atoms with van der Waals surface area (Å²) < 4.78 is 40.6. The first-order chi connectivity index (χ1) is 14.2. The molecule has 3 aromatic carbocycles. The van der Waals surface area contributed by atoms with E-state index in [1.165, 1.54) is 19.2 Å². The van der Waals surface area contributed by atoms with Gasteiger partial charge in [0.1, 0.15) is 15.9 Å². The molecule has 0 fully saturated rings. The average molecular weight is 446 g/mol. The van der Waals surface area contributed by atoms with Crippen LogP contribution < -0.4 is 45.3 Å². The molecule has 152 valence electrons. The van der Waals surface area contributed by atoms with E-state index in [4.69, 9.17) is 10.5 Å². The Balaban J connectivity index is 0.00000272. The topological polar surface area (TPSA) is 139 Å². The molecular weight excluding hydrogens is 431 g/mol. The van der Waals surface area contributed by atoms with Gasteiger partial charge in [0.15, 0.2) is 11.6 Å². The number of hydrogen-bond acceptors (Lipinski definition) is 8. The first kappa shape index (κ1) is 23.0. The van der Waals surface area contributed by atoms with Crippen LogP contribution in [0.1, 0.15) is 31.8 Å². The third kappa shape index (κ3) is 3.98. The zero-order valence-corrected chi connectivity index (χ0v) is 19.4. The summed E-state index contributed by atoms with van der Waals surface area (Å²) in [4.78, 5) is 25.5. The molecule has 0 unspecified atom stereocenters. The summed E-state index contributed by atoms with van der Waals surface area (Å²) in [5, 5.41) is 2.92. The monoisotopic (exact) mass is 446 g/mol. The minimum atomic E-state index is -5.02. The van der Waals surface area contributed by atoms with Gasteiger partial charge in [-0.3, -0.25) is 9.59 Å². The molecule has 0 radical (unpaired) electrons. The van der Waals surface area contributed by atoms with E-state index in [1.54, 1.807) is 36.4 Å². The molecule has 0 aliphatic heterocycles. The van der Waals surface area contributed by atoms with E-state index >= 15 is 0 Å². The number of rotatable bonds is 4. The molecule has 31 heavy (non-hydrogen) atoms. The van der Waals surface area contributed by atoms with Gasteiger partial charge in [-0.2, -0.15) is 0 Å². The standard InChI is InChI=1S/C21H16N2O6S.Na/c1-29-12-6-4-5-11(9-12)23-15-10-16(30(26,27)28)19(22)18-17(15)20(24)13-7-2-3-8-14(13)21(18)25;/h2-10,23H,22H2,1H3,(H,26,27,28);/q;+1/p-1. The van der Waals surface area contributed by atoms with Gasteiger partial charge in [-0.25, -0.2) is 8.42 Å². The van der Waals surface area contributed by atoms with E-state index in [0.717, 1.165) is 6.07 Å². The van der Waals surface area contributed by atoms with Crippen LogP contribution in [0.5, 0.6) is 5.75 Å². The van der Waals surface area contributed by atoms with E-state index in [2.05, 4.69) is 5.32 Å². The maximum atomic E-state index is 13.2. The van der Waals surface area contributed by atoms with Crippen molar-refractivity contribution in [1.82, 2.24) is 0 Å². The van der Waals surface area contributed by atoms with Crippen molar-refractivity contribution in [1.29, 1.82) is 0 Å². The largest absolute Gasteiger partial charge is 1.00 e. The van der Waals surface area contributed by atoms with Crippen LogP contribution in [0.3, 0.4) is 0 Å². The fourth-order valence-corrected chi connectivity index (χ4v) is 4.09. The quantitative estimate of drug-likeness (QED) is 0.248. The number of ketones is 2. The molecule has 3 aromatic rings. The molecule has 10 heteroatoms. The Kier molecular flexibility index (Phi) is 6.26. The average Bonchev–Trinajstić information content (AvgIpc) is 2.72. The van der Waals surface area contributed by atoms with Gasteiger partial charge in [0, 0.05) is 22.9 Å². The van der Waals surface area contributed by atoms with Crippen LogP contribution in [0.15, 0.2) is 59.5 Å². The fraction of sp³-hybridized carbons (Fsp3) is 0.0476. The number of fused-ring (bicyclic) bond motifs is 2. The van der Waals surface area contributed by atoms with E-state index in [1.807, 2.05) is 0 Å². The van der Waals surface area contributed by atoms with Crippen molar-refractivity contribution in [2.24, 2.45) is 0 Å². The predicted molar refractivity (Wildman–Crippen MR) is 108 cm³/mol. The Morgan fingerprint density at radius 1 is 0.935 bits per heavy atom. The predicted octanol–water partition coefficient (Wildman–Crippen LogP) is -0.295. The van der Waals surface area contributed by atoms with Crippen molar-refractivity contribution in [2.75, 3.05) is 18.2 Å². The van der Waals surface area contributed by atoms with Gasteiger partial charge in [-0.05, 0) is 18.2 Å². The van der Waals surface area contributed by atoms with Crippen molar-refractivity contribution < 1.29 is 56.9 Å². The first-order valence-electron chi connectivity index (χ1n) is 8.74. The number of hydrogen-bond donors (Lipinski definition) is 2. The molecule has 0 aromatic heterocycles. The SMILES string of the molecule is COc1cccc(Nc2cc(S(=O)(=O)[O-])c(N)c3c2C(=O)c2ccccc2C3=O)c1.[Na+]. The third-order valence-corrected chi connectivity index (χ3v) is 5.69. The van der Waals surface area contributed by atoms with E-state index in [-0.39, 0.29) is 57.5 Å². The van der Waals surface area contributed by atoms with Gasteiger partial charge >= 0.3 is 29.6 Å². The number of nitrogen functional groups attached to an aromatic ring is 1. The van der Waals surface area contributed by atoms with Crippen LogP contribution in [0.4, 0.5) is 17.1 Å². The number of ether oxygens (including phenoxy) is 1. The zero-order chi connectivity index (χ0) is 21.6. The Bertz CT molecular complexity index is 1340. The number of carbonyl (C=O) groups is 2. The molecule has 8 nitrogen and oxygen atoms in total. The summed E-state index contributed by atoms with van der Waals surface area (Å²) in [5.74, 6) is -0.627. The van der Waals surface area contributed by atoms with Crippen molar-refractivity contribution in [3.05, 3.63) is 76.9 Å². The maximum Gasteiger partial charge on any atom is 1.00 e. The second-order valence-electron chi connectivity index (χ2n) is 6.60. The normalized spacial score (nSPS) is 12.5. The minimum Gasteiger partial charge on any atom is -0.744 e. The summed E-state index contributed by atoms with van der Waals surface area (Å²) in [6.07, 6.45) is 0. The second kappa shape index (κ2) is 8.45. The Morgan fingerprint density at radius 3 is 2.13 bits per heavy atom. The molecular formula is C21H15N2NaO6S. The molecule has 0 amide bonds. The van der Waals surface area contributed by atoms with Crippen LogP contribution >= 0.6 is 0 Å². The molecule has 1 aliphatic rings. The minimum absolute atomic E-state index is 0. The van der Waals surface area contributed by atoms with Crippen LogP contribution in [0.25, 0.3) is 0 Å². The maximum absolute atomic E-state index is 13.2. The molecule has 3 N–H and O–H groups in total. The van der Waals surface area contributed by atoms with E-state index in [9.17, 15) is 22.6 Å². The van der Waals surface area contributed by atoms with Gasteiger partial charge in [-0.1, -0.05) is 30.3 Å². The van der Waals surface area contributed by atoms with Gasteiger partial charge in [-0.15, -0.1) is 0 Å². The summed E-state index contributed by atoms with van der Waals surface area (Å²) in [6, 6.07) is 13.8. The molecule has 0 saturated heterocycles. The number of methoxy groups -OCH3 is 1. The molecule has 0 heterocycles. The van der Waals surface area contributed by atoms with Crippen LogP contribution in [-0.2, 0) is 10.1 Å². The molecule has 0 spiro atoms. The number of benzene rings is 3. The van der Waals surface area contributed by atoms with Crippen LogP contribution in [0, 0.1) is 0 Å². The van der Waals surface area contributed by atoms with Crippen LogP contribution in [0.2, 0.25) is 0 Å². The van der Waals surface area contributed by atoms with E-state index < -0.39 is 32.3 Å². The van der Waals surface area contributed by atoms with Gasteiger partial charge < -0.3 is 20.3 Å². The molecule has 0 bridgehead atoms. The summed E-state index contributed by atoms with van der Waals surface area (Å²) in [5.41, 5.74) is 5.67. The molecule has 0 atom stereocenters. The zero-order valence-electron chi connectivity index (χ0n) is 16.6. The van der Waals surface area contributed by atoms with Gasteiger partial charge in [0.2, 0.25) is 0 Å². The van der Waals surface area contributed by atoms with E-state index in [0.29, 0.717) is 11.4 Å². The Hall–Kier alpha value is -2.69. The van der Waals surface area contributed by atoms with Crippen molar-refractivity contribution in [2.45, 2.75) is 4.90 Å². The summed E-state index contributed by atoms with van der Waals surface area (Å²) in [7, 11) is -3.54. The first-order valence-corrected chi connectivity index (χ1v) is 10.1. The van der Waals surface area contributed by atoms with Gasteiger partial charge in [0.05, 0.1) is 34.5 Å². The third-order valence-electron chi connectivity index (χ3n) is 4.82. The molecule has 1 aliphatic carbocycles. The Morgan fingerprint density at radius 2 is 1.55 bits per heavy atom. The number of anilines is 3. The second-order valence-corrected chi connectivity index (χ2v) is 7.95. The van der Waals surface area contributed by atoms with Crippen molar-refractivity contribution >= 4 is 38.7 Å². The number of nitrogens with two attached hydrogens (primary N) is 1. The fourth-order valence-electron chi connectivity index (χ4n) is 3.46. The van der Waals surface area contributed by atoms with Crippen LogP contribution in [-0.4, -0.2) is 31.6 Å². The van der Waals surface area contributed by atoms with Crippen molar-refractivity contribution in [3.63, 3.8) is 0 Å². The van der Waals surface area contributed by atoms with Gasteiger partial charge in [0.25, 0.3) is 0 Å². The summed E-state index contributed by atoms with van der Waals surface area (Å²) >= 11 is 0. The summed E-state index contributed by atoms with van der Waals surface area (Å²) in [6.45, 7) is 0. The smallest absolute Gasteiger partial charge is 0.744 e. The molecule has 0 saturated carbocycles. The van der Waals surface area contributed by atoms with Crippen molar-refractivity contribution in [3.8, 4) is 5.75 Å². The number of nitrogens with one attached hydrogen (secondary N) is 1. The Labute approximate surface area is 200 Å². The number of carbonyl (C=O) groups excluding carboxylic acids is 2. The molecule has 4 rings (SSSR count).